The molecule has 0 aromatic rings. The van der Waals surface area contributed by atoms with Crippen molar-refractivity contribution < 1.29 is 0 Å². The first-order chi connectivity index (χ1) is 4.76. The maximum Gasteiger partial charge on any atom is 0.0975 e. The molecule has 0 heterocycles. The van der Waals surface area contributed by atoms with E-state index >= 15 is 0 Å². The van der Waals surface area contributed by atoms with Crippen molar-refractivity contribution in [3.05, 3.63) is 12.2 Å². The van der Waals surface area contributed by atoms with Crippen molar-refractivity contribution in [2.75, 3.05) is 0 Å². The second-order valence-electron chi connectivity index (χ2n) is 3.35. The fourth-order valence-corrected chi connectivity index (χ4v) is 1.92. The van der Waals surface area contributed by atoms with Gasteiger partial charge in [-0.05, 0) is 25.2 Å². The summed E-state index contributed by atoms with van der Waals surface area (Å²) in [5.74, 6) is 1.01. The number of nitrogens with one attached hydrogen (secondary N) is 1. The van der Waals surface area contributed by atoms with Crippen molar-refractivity contribution in [3.8, 4) is 0 Å². The molecule has 0 spiro atoms. The summed E-state index contributed by atoms with van der Waals surface area (Å²) in [4.78, 5) is 0. The van der Waals surface area contributed by atoms with Crippen LogP contribution in [0.3, 0.4) is 0 Å². The van der Waals surface area contributed by atoms with Gasteiger partial charge in [-0.2, -0.15) is 0 Å². The molecular weight excluding hydrogens is 124 g/mol. The maximum absolute atomic E-state index is 7.37. The zero-order valence-corrected chi connectivity index (χ0v) is 5.93. The lowest BCUT2D eigenvalue weighted by Gasteiger charge is -2.15. The van der Waals surface area contributed by atoms with E-state index in [0.717, 1.165) is 19.3 Å². The first kappa shape index (κ1) is 5.96. The van der Waals surface area contributed by atoms with Crippen molar-refractivity contribution in [2.24, 2.45) is 17.1 Å². The Morgan fingerprint density at radius 3 is 3.00 bits per heavy atom. The summed E-state index contributed by atoms with van der Waals surface area (Å²) in [5, 5.41) is 7.37. The van der Waals surface area contributed by atoms with Crippen molar-refractivity contribution >= 4 is 5.84 Å². The van der Waals surface area contributed by atoms with Crippen LogP contribution < -0.4 is 5.73 Å². The van der Waals surface area contributed by atoms with Crippen LogP contribution in [-0.4, -0.2) is 5.84 Å². The van der Waals surface area contributed by atoms with E-state index in [1.807, 2.05) is 0 Å². The van der Waals surface area contributed by atoms with Gasteiger partial charge in [0.1, 0.15) is 0 Å². The maximum atomic E-state index is 7.37. The van der Waals surface area contributed by atoms with Crippen molar-refractivity contribution in [3.63, 3.8) is 0 Å². The minimum atomic E-state index is 0.120. The average molecular weight is 136 g/mol. The van der Waals surface area contributed by atoms with E-state index in [-0.39, 0.29) is 5.41 Å². The Kier molecular flexibility index (Phi) is 0.967. The van der Waals surface area contributed by atoms with E-state index in [0.29, 0.717) is 11.8 Å². The quantitative estimate of drug-likeness (QED) is 0.318. The summed E-state index contributed by atoms with van der Waals surface area (Å²) in [7, 11) is 0. The number of hydrogen-bond donors (Lipinski definition) is 2. The van der Waals surface area contributed by atoms with E-state index in [2.05, 4.69) is 12.2 Å². The van der Waals surface area contributed by atoms with Crippen LogP contribution in [0.4, 0.5) is 0 Å². The smallest absolute Gasteiger partial charge is 0.0975 e. The SMILES string of the molecule is N=C(N)C12CCC=C[C@H]1C2. The lowest BCUT2D eigenvalue weighted by molar-refractivity contribution is 0.571. The fourth-order valence-electron chi connectivity index (χ4n) is 1.92. The molecule has 2 aliphatic rings. The van der Waals surface area contributed by atoms with Gasteiger partial charge in [-0.3, -0.25) is 5.41 Å². The fraction of sp³-hybridized carbons (Fsp3) is 0.625. The van der Waals surface area contributed by atoms with E-state index in [1.165, 1.54) is 0 Å². The Balaban J connectivity index is 2.22. The third-order valence-corrected chi connectivity index (χ3v) is 2.80. The zero-order chi connectivity index (χ0) is 7.19. The summed E-state index contributed by atoms with van der Waals surface area (Å²) < 4.78 is 0. The molecule has 0 aromatic heterocycles. The first-order valence-electron chi connectivity index (χ1n) is 3.77. The van der Waals surface area contributed by atoms with Crippen LogP contribution in [0.5, 0.6) is 0 Å². The molecule has 0 aromatic carbocycles. The Hall–Kier alpha value is -0.790. The van der Waals surface area contributed by atoms with E-state index in [4.69, 9.17) is 11.1 Å². The molecule has 2 rings (SSSR count). The summed E-state index contributed by atoms with van der Waals surface area (Å²) in [6, 6.07) is 0. The number of amidine groups is 1. The standard InChI is InChI=1S/C8H12N2/c9-7(10)8-4-2-1-3-6(8)5-8/h1,3,6H,2,4-5H2,(H3,9,10)/t6-,8?/m0/s1. The predicted octanol–water partition coefficient (Wildman–Crippen LogP) is 1.28. The number of rotatable bonds is 1. The van der Waals surface area contributed by atoms with E-state index in [1.54, 1.807) is 0 Å². The third kappa shape index (κ3) is 0.564. The van der Waals surface area contributed by atoms with Crippen LogP contribution in [0.25, 0.3) is 0 Å². The highest BCUT2D eigenvalue weighted by atomic mass is 14.8. The molecule has 0 saturated heterocycles. The van der Waals surface area contributed by atoms with Crippen LogP contribution in [-0.2, 0) is 0 Å². The molecule has 0 aliphatic heterocycles. The molecule has 2 atom stereocenters. The van der Waals surface area contributed by atoms with Gasteiger partial charge in [-0.15, -0.1) is 0 Å². The molecule has 1 unspecified atom stereocenters. The Labute approximate surface area is 60.6 Å². The molecule has 0 amide bonds. The van der Waals surface area contributed by atoms with Gasteiger partial charge in [0.25, 0.3) is 0 Å². The number of hydrogen-bond acceptors (Lipinski definition) is 1. The molecule has 1 saturated carbocycles. The number of fused-ring (bicyclic) bond motifs is 1. The molecule has 0 bridgehead atoms. The average Bonchev–Trinajstić information content (AvgIpc) is 2.61. The number of nitrogens with two attached hydrogens (primary N) is 1. The van der Waals surface area contributed by atoms with Crippen molar-refractivity contribution in [1.29, 1.82) is 5.41 Å². The van der Waals surface area contributed by atoms with Crippen molar-refractivity contribution in [1.82, 2.24) is 0 Å². The molecule has 1 fully saturated rings. The van der Waals surface area contributed by atoms with Crippen molar-refractivity contribution in [2.45, 2.75) is 19.3 Å². The predicted molar refractivity (Wildman–Crippen MR) is 40.8 cm³/mol. The second kappa shape index (κ2) is 1.62. The molecular formula is C8H12N2. The zero-order valence-electron chi connectivity index (χ0n) is 5.93. The lowest BCUT2D eigenvalue weighted by atomic mass is 9.92. The Morgan fingerprint density at radius 1 is 1.70 bits per heavy atom. The van der Waals surface area contributed by atoms with Crippen LogP contribution in [0.1, 0.15) is 19.3 Å². The van der Waals surface area contributed by atoms with Crippen LogP contribution >= 0.6 is 0 Å². The van der Waals surface area contributed by atoms with Gasteiger partial charge in [0.15, 0.2) is 0 Å². The molecule has 10 heavy (non-hydrogen) atoms. The van der Waals surface area contributed by atoms with E-state index < -0.39 is 0 Å². The molecule has 3 N–H and O–H groups in total. The molecule has 2 nitrogen and oxygen atoms in total. The van der Waals surface area contributed by atoms with Crippen LogP contribution in [0.15, 0.2) is 12.2 Å². The first-order valence-corrected chi connectivity index (χ1v) is 3.77. The molecule has 2 aliphatic carbocycles. The normalized spacial score (nSPS) is 42.6. The van der Waals surface area contributed by atoms with Gasteiger partial charge >= 0.3 is 0 Å². The minimum absolute atomic E-state index is 0.120. The second-order valence-corrected chi connectivity index (χ2v) is 3.35. The van der Waals surface area contributed by atoms with Crippen LogP contribution in [0, 0.1) is 16.7 Å². The van der Waals surface area contributed by atoms with Gasteiger partial charge in [0.05, 0.1) is 5.84 Å². The highest BCUT2D eigenvalue weighted by Gasteiger charge is 2.55. The summed E-state index contributed by atoms with van der Waals surface area (Å²) in [6.07, 6.45) is 7.75. The van der Waals surface area contributed by atoms with E-state index in [9.17, 15) is 0 Å². The highest BCUT2D eigenvalue weighted by Crippen LogP contribution is 2.58. The monoisotopic (exact) mass is 136 g/mol. The lowest BCUT2D eigenvalue weighted by Crippen LogP contribution is -2.26. The van der Waals surface area contributed by atoms with Gasteiger partial charge < -0.3 is 5.73 Å². The minimum Gasteiger partial charge on any atom is -0.387 e. The van der Waals surface area contributed by atoms with Gasteiger partial charge in [-0.25, -0.2) is 0 Å². The molecule has 0 radical (unpaired) electrons. The summed E-state index contributed by atoms with van der Waals surface area (Å²) >= 11 is 0. The highest BCUT2D eigenvalue weighted by molar-refractivity contribution is 5.87. The largest absolute Gasteiger partial charge is 0.387 e. The van der Waals surface area contributed by atoms with Gasteiger partial charge in [-0.1, -0.05) is 12.2 Å². The molecule has 2 heteroatoms. The number of allylic oxidation sites excluding steroid dienone is 2. The molecule has 54 valence electrons. The third-order valence-electron chi connectivity index (χ3n) is 2.80. The summed E-state index contributed by atoms with van der Waals surface area (Å²) in [5.41, 5.74) is 5.61. The van der Waals surface area contributed by atoms with Gasteiger partial charge in [0, 0.05) is 5.41 Å². The summed E-state index contributed by atoms with van der Waals surface area (Å²) in [6.45, 7) is 0. The van der Waals surface area contributed by atoms with Gasteiger partial charge in [0.2, 0.25) is 0 Å². The Bertz CT molecular complexity index is 207. The van der Waals surface area contributed by atoms with Crippen LogP contribution in [0.2, 0.25) is 0 Å². The topological polar surface area (TPSA) is 49.9 Å². The Morgan fingerprint density at radius 2 is 2.50 bits per heavy atom.